The number of likely N-dealkylation sites (tertiary alicyclic amines) is 1. The van der Waals surface area contributed by atoms with Gasteiger partial charge < -0.3 is 14.2 Å². The van der Waals surface area contributed by atoms with Crippen LogP contribution >= 0.6 is 0 Å². The van der Waals surface area contributed by atoms with Gasteiger partial charge in [-0.15, -0.1) is 0 Å². The zero-order chi connectivity index (χ0) is 22.6. The van der Waals surface area contributed by atoms with Gasteiger partial charge in [-0.2, -0.15) is 0 Å². The van der Waals surface area contributed by atoms with Crippen LogP contribution in [-0.2, 0) is 17.6 Å². The Morgan fingerprint density at radius 1 is 0.909 bits per heavy atom. The van der Waals surface area contributed by atoms with Crippen molar-refractivity contribution in [2.45, 2.75) is 31.7 Å². The second-order valence-electron chi connectivity index (χ2n) is 8.69. The Labute approximate surface area is 194 Å². The summed E-state index contributed by atoms with van der Waals surface area (Å²) in [6.07, 6.45) is 3.13. The molecule has 5 rings (SSSR count). The maximum absolute atomic E-state index is 12.9. The molecule has 0 atom stereocenters. The lowest BCUT2D eigenvalue weighted by molar-refractivity contribution is -0.131. The molecule has 2 heterocycles. The van der Waals surface area contributed by atoms with Gasteiger partial charge in [-0.05, 0) is 48.2 Å². The molecule has 0 spiro atoms. The maximum atomic E-state index is 12.9. The fourth-order valence-electron chi connectivity index (χ4n) is 4.81. The predicted octanol–water partition coefficient (Wildman–Crippen LogP) is 5.04. The molecule has 5 nitrogen and oxygen atoms in total. The summed E-state index contributed by atoms with van der Waals surface area (Å²) in [6.45, 7) is 1.55. The summed E-state index contributed by atoms with van der Waals surface area (Å²) in [5.74, 6) is 2.11. The van der Waals surface area contributed by atoms with Crippen LogP contribution in [0.4, 0.5) is 0 Å². The maximum Gasteiger partial charge on any atom is 0.226 e. The highest BCUT2D eigenvalue weighted by molar-refractivity contribution is 5.79. The number of carbonyl (C=O) groups is 1. The Hall–Kier alpha value is -3.60. The number of rotatable bonds is 6. The minimum atomic E-state index is 0.193. The number of hydrogen-bond donors (Lipinski definition) is 0. The number of fused-ring (bicyclic) bond motifs is 1. The number of benzene rings is 3. The molecule has 3 aromatic carbocycles. The van der Waals surface area contributed by atoms with Gasteiger partial charge in [0.05, 0.1) is 24.6 Å². The summed E-state index contributed by atoms with van der Waals surface area (Å²) in [5.41, 5.74) is 4.52. The first-order valence-electron chi connectivity index (χ1n) is 11.6. The number of imidazole rings is 1. The normalized spacial score (nSPS) is 14.5. The van der Waals surface area contributed by atoms with E-state index in [1.807, 2.05) is 41.3 Å². The van der Waals surface area contributed by atoms with Gasteiger partial charge >= 0.3 is 0 Å². The van der Waals surface area contributed by atoms with Gasteiger partial charge in [0.15, 0.2) is 0 Å². The first kappa shape index (κ1) is 21.3. The van der Waals surface area contributed by atoms with Gasteiger partial charge in [0.25, 0.3) is 0 Å². The monoisotopic (exact) mass is 439 g/mol. The van der Waals surface area contributed by atoms with Crippen LogP contribution in [0.2, 0.25) is 0 Å². The molecule has 0 aliphatic carbocycles. The average molecular weight is 440 g/mol. The van der Waals surface area contributed by atoms with Crippen molar-refractivity contribution in [2.24, 2.45) is 0 Å². The molecule has 5 heteroatoms. The lowest BCUT2D eigenvalue weighted by Gasteiger charge is -2.34. The van der Waals surface area contributed by atoms with E-state index in [0.717, 1.165) is 55.0 Å². The molecule has 1 saturated heterocycles. The van der Waals surface area contributed by atoms with Crippen molar-refractivity contribution < 1.29 is 9.53 Å². The Bertz CT molecular complexity index is 1220. The molecule has 4 aromatic rings. The van der Waals surface area contributed by atoms with E-state index in [0.29, 0.717) is 12.5 Å². The number of nitrogens with zero attached hydrogens (tertiary/aromatic N) is 3. The van der Waals surface area contributed by atoms with Crippen LogP contribution in [0.1, 0.15) is 35.8 Å². The zero-order valence-electron chi connectivity index (χ0n) is 19.0. The largest absolute Gasteiger partial charge is 0.497 e. The first-order chi connectivity index (χ1) is 16.2. The van der Waals surface area contributed by atoms with Crippen LogP contribution in [0.5, 0.6) is 5.75 Å². The number of hydrogen-bond acceptors (Lipinski definition) is 3. The van der Waals surface area contributed by atoms with Crippen LogP contribution in [-0.4, -0.2) is 40.6 Å². The van der Waals surface area contributed by atoms with E-state index >= 15 is 0 Å². The van der Waals surface area contributed by atoms with Crippen molar-refractivity contribution in [1.82, 2.24) is 14.5 Å². The molecule has 1 amide bonds. The number of piperidine rings is 1. The Morgan fingerprint density at radius 2 is 1.61 bits per heavy atom. The summed E-state index contributed by atoms with van der Waals surface area (Å²) in [7, 11) is 1.65. The molecule has 33 heavy (non-hydrogen) atoms. The predicted molar refractivity (Wildman–Crippen MR) is 131 cm³/mol. The number of ether oxygens (including phenoxy) is 1. The third kappa shape index (κ3) is 4.63. The Balaban J connectivity index is 1.30. The number of amides is 1. The molecule has 1 fully saturated rings. The summed E-state index contributed by atoms with van der Waals surface area (Å²) < 4.78 is 7.64. The SMILES string of the molecule is COc1ccc(CC(=O)N2CCC(n3c(Cc4ccccc4)nc4ccccc43)CC2)cc1. The van der Waals surface area contributed by atoms with Gasteiger partial charge in [0.1, 0.15) is 11.6 Å². The molecule has 168 valence electrons. The van der Waals surface area contributed by atoms with Crippen LogP contribution < -0.4 is 4.74 Å². The van der Waals surface area contributed by atoms with Crippen LogP contribution in [0.15, 0.2) is 78.9 Å². The molecule has 0 bridgehead atoms. The summed E-state index contributed by atoms with van der Waals surface area (Å²) in [4.78, 5) is 19.9. The second-order valence-corrected chi connectivity index (χ2v) is 8.69. The summed E-state index contributed by atoms with van der Waals surface area (Å²) in [6, 6.07) is 27.0. The highest BCUT2D eigenvalue weighted by Gasteiger charge is 2.26. The molecule has 1 aliphatic heterocycles. The second kappa shape index (κ2) is 9.49. The van der Waals surface area contributed by atoms with E-state index < -0.39 is 0 Å². The van der Waals surface area contributed by atoms with Crippen LogP contribution in [0.3, 0.4) is 0 Å². The van der Waals surface area contributed by atoms with Gasteiger partial charge in [0, 0.05) is 25.6 Å². The zero-order valence-corrected chi connectivity index (χ0v) is 19.0. The van der Waals surface area contributed by atoms with Crippen molar-refractivity contribution >= 4 is 16.9 Å². The lowest BCUT2D eigenvalue weighted by atomic mass is 10.0. The molecule has 1 aliphatic rings. The number of methoxy groups -OCH3 is 1. The van der Waals surface area contributed by atoms with Gasteiger partial charge in [-0.1, -0.05) is 54.6 Å². The summed E-state index contributed by atoms with van der Waals surface area (Å²) in [5, 5.41) is 0. The number of carbonyl (C=O) groups excluding carboxylic acids is 1. The quantitative estimate of drug-likeness (QED) is 0.423. The van der Waals surface area contributed by atoms with Crippen molar-refractivity contribution in [1.29, 1.82) is 0 Å². The van der Waals surface area contributed by atoms with Crippen molar-refractivity contribution in [2.75, 3.05) is 20.2 Å². The number of para-hydroxylation sites is 2. The van der Waals surface area contributed by atoms with E-state index in [1.54, 1.807) is 7.11 Å². The molecular formula is C28H29N3O2. The smallest absolute Gasteiger partial charge is 0.226 e. The van der Waals surface area contributed by atoms with Crippen molar-refractivity contribution in [3.8, 4) is 5.75 Å². The standard InChI is InChI=1S/C28H29N3O2/c1-33-24-13-11-22(12-14-24)20-28(32)30-17-15-23(16-18-30)31-26-10-6-5-9-25(26)29-27(31)19-21-7-3-2-4-8-21/h2-14,23H,15-20H2,1H3. The van der Waals surface area contributed by atoms with E-state index in [2.05, 4.69) is 47.0 Å². The van der Waals surface area contributed by atoms with Gasteiger partial charge in [-0.3, -0.25) is 4.79 Å². The van der Waals surface area contributed by atoms with E-state index in [4.69, 9.17) is 9.72 Å². The highest BCUT2D eigenvalue weighted by Crippen LogP contribution is 2.30. The Kier molecular flexibility index (Phi) is 6.11. The van der Waals surface area contributed by atoms with Crippen LogP contribution in [0.25, 0.3) is 11.0 Å². The molecule has 1 aromatic heterocycles. The van der Waals surface area contributed by atoms with Gasteiger partial charge in [0.2, 0.25) is 5.91 Å². The van der Waals surface area contributed by atoms with E-state index in [9.17, 15) is 4.79 Å². The fourth-order valence-corrected chi connectivity index (χ4v) is 4.81. The summed E-state index contributed by atoms with van der Waals surface area (Å²) >= 11 is 0. The van der Waals surface area contributed by atoms with Crippen LogP contribution in [0, 0.1) is 0 Å². The lowest BCUT2D eigenvalue weighted by Crippen LogP contribution is -2.40. The fraction of sp³-hybridized carbons (Fsp3) is 0.286. The first-order valence-corrected chi connectivity index (χ1v) is 11.6. The molecule has 0 unspecified atom stereocenters. The molecule has 0 radical (unpaired) electrons. The van der Waals surface area contributed by atoms with Crippen molar-refractivity contribution in [3.63, 3.8) is 0 Å². The van der Waals surface area contributed by atoms with E-state index in [-0.39, 0.29) is 5.91 Å². The molecular weight excluding hydrogens is 410 g/mol. The molecule has 0 N–H and O–H groups in total. The molecule has 0 saturated carbocycles. The minimum absolute atomic E-state index is 0.193. The topological polar surface area (TPSA) is 47.4 Å². The van der Waals surface area contributed by atoms with Crippen molar-refractivity contribution in [3.05, 3.63) is 95.8 Å². The third-order valence-electron chi connectivity index (χ3n) is 6.57. The average Bonchev–Trinajstić information content (AvgIpc) is 3.23. The van der Waals surface area contributed by atoms with E-state index in [1.165, 1.54) is 11.1 Å². The minimum Gasteiger partial charge on any atom is -0.497 e. The number of aromatic nitrogens is 2. The Morgan fingerprint density at radius 3 is 2.33 bits per heavy atom. The highest BCUT2D eigenvalue weighted by atomic mass is 16.5. The third-order valence-corrected chi connectivity index (χ3v) is 6.57. The van der Waals surface area contributed by atoms with Gasteiger partial charge in [-0.25, -0.2) is 4.98 Å².